The van der Waals surface area contributed by atoms with Gasteiger partial charge in [-0.3, -0.25) is 10.1 Å². The Morgan fingerprint density at radius 1 is 1.30 bits per heavy atom. The minimum atomic E-state index is -0.376. The van der Waals surface area contributed by atoms with Crippen LogP contribution in [0.5, 0.6) is 0 Å². The minimum Gasteiger partial charge on any atom is -0.369 e. The number of nitrogens with one attached hydrogen (secondary N) is 2. The molecular weight excluding hydrogens is 258 g/mol. The van der Waals surface area contributed by atoms with Crippen LogP contribution in [0.3, 0.4) is 0 Å². The molecular formula is C13H17N5O2. The largest absolute Gasteiger partial charge is 0.369 e. The van der Waals surface area contributed by atoms with E-state index in [1.807, 2.05) is 13.8 Å². The summed E-state index contributed by atoms with van der Waals surface area (Å²) in [6.07, 6.45) is 0.994. The number of hydrogen-bond acceptors (Lipinski definition) is 6. The normalized spacial score (nSPS) is 10.3. The number of rotatable bonds is 5. The summed E-state index contributed by atoms with van der Waals surface area (Å²) in [4.78, 5) is 12.0. The molecule has 2 rings (SSSR count). The lowest BCUT2D eigenvalue weighted by Gasteiger charge is -2.04. The third kappa shape index (κ3) is 3.11. The SMILES string of the molecule is CCCNc1ccc(C(=O)Nc2onc(C)c2C)nn1. The first-order valence-corrected chi connectivity index (χ1v) is 6.43. The quantitative estimate of drug-likeness (QED) is 0.868. The lowest BCUT2D eigenvalue weighted by molar-refractivity contribution is 0.101. The number of carbonyl (C=O) groups is 1. The zero-order valence-corrected chi connectivity index (χ0v) is 11.7. The summed E-state index contributed by atoms with van der Waals surface area (Å²) in [5, 5.41) is 17.3. The van der Waals surface area contributed by atoms with E-state index < -0.39 is 0 Å². The third-order valence-electron chi connectivity index (χ3n) is 2.84. The fourth-order valence-electron chi connectivity index (χ4n) is 1.50. The summed E-state index contributed by atoms with van der Waals surface area (Å²) >= 11 is 0. The van der Waals surface area contributed by atoms with Crippen LogP contribution in [0, 0.1) is 13.8 Å². The van der Waals surface area contributed by atoms with Crippen molar-refractivity contribution in [3.63, 3.8) is 0 Å². The van der Waals surface area contributed by atoms with E-state index in [4.69, 9.17) is 4.52 Å². The van der Waals surface area contributed by atoms with E-state index in [9.17, 15) is 4.79 Å². The van der Waals surface area contributed by atoms with Crippen molar-refractivity contribution < 1.29 is 9.32 Å². The van der Waals surface area contributed by atoms with Crippen LogP contribution in [0.15, 0.2) is 16.7 Å². The summed E-state index contributed by atoms with van der Waals surface area (Å²) < 4.78 is 5.02. The zero-order valence-electron chi connectivity index (χ0n) is 11.7. The molecule has 7 nitrogen and oxygen atoms in total. The highest BCUT2D eigenvalue weighted by Crippen LogP contribution is 2.17. The van der Waals surface area contributed by atoms with Gasteiger partial charge in [0.15, 0.2) is 5.69 Å². The molecule has 1 amide bonds. The standard InChI is InChI=1S/C13H17N5O2/c1-4-7-14-11-6-5-10(16-17-11)12(19)15-13-8(2)9(3)18-20-13/h5-6H,4,7H2,1-3H3,(H,14,17)(H,15,19). The summed E-state index contributed by atoms with van der Waals surface area (Å²) in [5.74, 6) is 0.608. The highest BCUT2D eigenvalue weighted by molar-refractivity contribution is 6.02. The van der Waals surface area contributed by atoms with Crippen LogP contribution in [-0.2, 0) is 0 Å². The molecule has 0 radical (unpaired) electrons. The topological polar surface area (TPSA) is 92.9 Å². The number of anilines is 2. The smallest absolute Gasteiger partial charge is 0.278 e. The molecule has 2 N–H and O–H groups in total. The van der Waals surface area contributed by atoms with Crippen LogP contribution in [0.4, 0.5) is 11.7 Å². The van der Waals surface area contributed by atoms with Crippen molar-refractivity contribution in [1.29, 1.82) is 0 Å². The Bertz CT molecular complexity index is 591. The van der Waals surface area contributed by atoms with E-state index in [1.54, 1.807) is 12.1 Å². The number of aryl methyl sites for hydroxylation is 1. The maximum absolute atomic E-state index is 12.0. The van der Waals surface area contributed by atoms with Gasteiger partial charge in [0, 0.05) is 12.1 Å². The van der Waals surface area contributed by atoms with Crippen molar-refractivity contribution in [2.24, 2.45) is 0 Å². The maximum Gasteiger partial charge on any atom is 0.278 e. The monoisotopic (exact) mass is 275 g/mol. The van der Waals surface area contributed by atoms with Crippen molar-refractivity contribution in [1.82, 2.24) is 15.4 Å². The average molecular weight is 275 g/mol. The van der Waals surface area contributed by atoms with Crippen LogP contribution >= 0.6 is 0 Å². The van der Waals surface area contributed by atoms with Gasteiger partial charge < -0.3 is 9.84 Å². The molecule has 0 aliphatic heterocycles. The first kappa shape index (κ1) is 14.0. The van der Waals surface area contributed by atoms with E-state index in [0.29, 0.717) is 11.7 Å². The number of carbonyl (C=O) groups excluding carboxylic acids is 1. The highest BCUT2D eigenvalue weighted by atomic mass is 16.5. The second-order valence-corrected chi connectivity index (χ2v) is 4.41. The molecule has 2 aromatic rings. The number of hydrogen-bond donors (Lipinski definition) is 2. The lowest BCUT2D eigenvalue weighted by atomic mass is 10.3. The lowest BCUT2D eigenvalue weighted by Crippen LogP contribution is -2.15. The van der Waals surface area contributed by atoms with Gasteiger partial charge in [-0.25, -0.2) is 0 Å². The summed E-state index contributed by atoms with van der Waals surface area (Å²) in [6.45, 7) is 6.51. The second-order valence-electron chi connectivity index (χ2n) is 4.41. The van der Waals surface area contributed by atoms with E-state index in [-0.39, 0.29) is 11.6 Å². The Labute approximate surface area is 116 Å². The Balaban J connectivity index is 2.04. The van der Waals surface area contributed by atoms with Crippen LogP contribution in [0.2, 0.25) is 0 Å². The number of aromatic nitrogens is 3. The molecule has 7 heteroatoms. The van der Waals surface area contributed by atoms with Crippen molar-refractivity contribution in [2.45, 2.75) is 27.2 Å². The summed E-state index contributed by atoms with van der Waals surface area (Å²) in [7, 11) is 0. The van der Waals surface area contributed by atoms with Gasteiger partial charge in [-0.05, 0) is 32.4 Å². The zero-order chi connectivity index (χ0) is 14.5. The van der Waals surface area contributed by atoms with Gasteiger partial charge in [-0.2, -0.15) is 0 Å². The van der Waals surface area contributed by atoms with E-state index in [0.717, 1.165) is 24.2 Å². The van der Waals surface area contributed by atoms with Gasteiger partial charge in [0.2, 0.25) is 5.88 Å². The van der Waals surface area contributed by atoms with Crippen LogP contribution in [0.25, 0.3) is 0 Å². The molecule has 0 aliphatic rings. The van der Waals surface area contributed by atoms with Crippen molar-refractivity contribution in [3.8, 4) is 0 Å². The van der Waals surface area contributed by atoms with Gasteiger partial charge in [0.05, 0.1) is 5.69 Å². The first-order valence-electron chi connectivity index (χ1n) is 6.43. The number of nitrogens with zero attached hydrogens (tertiary/aromatic N) is 3. The predicted octanol–water partition coefficient (Wildman–Crippen LogP) is 2.16. The molecule has 0 unspecified atom stereocenters. The predicted molar refractivity (Wildman–Crippen MR) is 74.7 cm³/mol. The molecule has 0 spiro atoms. The molecule has 0 atom stereocenters. The Kier molecular flexibility index (Phi) is 4.29. The van der Waals surface area contributed by atoms with Crippen molar-refractivity contribution >= 4 is 17.6 Å². The molecule has 2 aromatic heterocycles. The first-order chi connectivity index (χ1) is 9.61. The molecule has 0 fully saturated rings. The molecule has 0 aromatic carbocycles. The second kappa shape index (κ2) is 6.14. The van der Waals surface area contributed by atoms with E-state index >= 15 is 0 Å². The molecule has 20 heavy (non-hydrogen) atoms. The Morgan fingerprint density at radius 3 is 2.65 bits per heavy atom. The fourth-order valence-corrected chi connectivity index (χ4v) is 1.50. The molecule has 0 bridgehead atoms. The molecule has 2 heterocycles. The van der Waals surface area contributed by atoms with Gasteiger partial charge in [0.25, 0.3) is 5.91 Å². The molecule has 0 saturated heterocycles. The van der Waals surface area contributed by atoms with E-state index in [1.165, 1.54) is 0 Å². The van der Waals surface area contributed by atoms with Crippen LogP contribution in [-0.4, -0.2) is 27.8 Å². The van der Waals surface area contributed by atoms with Gasteiger partial charge >= 0.3 is 0 Å². The van der Waals surface area contributed by atoms with E-state index in [2.05, 4.69) is 32.9 Å². The van der Waals surface area contributed by atoms with Gasteiger partial charge in [-0.1, -0.05) is 12.1 Å². The third-order valence-corrected chi connectivity index (χ3v) is 2.84. The summed E-state index contributed by atoms with van der Waals surface area (Å²) in [5.41, 5.74) is 1.76. The van der Waals surface area contributed by atoms with Crippen LogP contribution in [0.1, 0.15) is 35.1 Å². The van der Waals surface area contributed by atoms with Crippen molar-refractivity contribution in [3.05, 3.63) is 29.1 Å². The average Bonchev–Trinajstić information content (AvgIpc) is 2.77. The molecule has 0 saturated carbocycles. The number of amides is 1. The fraction of sp³-hybridized carbons (Fsp3) is 0.385. The van der Waals surface area contributed by atoms with Gasteiger partial charge in [0.1, 0.15) is 5.82 Å². The minimum absolute atomic E-state index is 0.223. The van der Waals surface area contributed by atoms with Gasteiger partial charge in [-0.15, -0.1) is 10.2 Å². The maximum atomic E-state index is 12.0. The Hall–Kier alpha value is -2.44. The molecule has 0 aliphatic carbocycles. The van der Waals surface area contributed by atoms with Crippen LogP contribution < -0.4 is 10.6 Å². The summed E-state index contributed by atoms with van der Waals surface area (Å²) in [6, 6.07) is 3.33. The Morgan fingerprint density at radius 2 is 2.10 bits per heavy atom. The van der Waals surface area contributed by atoms with Crippen molar-refractivity contribution in [2.75, 3.05) is 17.2 Å². The highest BCUT2D eigenvalue weighted by Gasteiger charge is 2.14. The molecule has 106 valence electrons.